The molecule has 0 spiro atoms. The molecule has 92 valence electrons. The molecule has 2 fully saturated rings. The van der Waals surface area contributed by atoms with Gasteiger partial charge in [-0.1, -0.05) is 0 Å². The fourth-order valence-corrected chi connectivity index (χ4v) is 1.99. The number of carbonyl (C=O) groups is 1. The lowest BCUT2D eigenvalue weighted by atomic mass is 10.0. The van der Waals surface area contributed by atoms with Gasteiger partial charge in [0, 0.05) is 19.6 Å². The van der Waals surface area contributed by atoms with E-state index in [1.165, 1.54) is 0 Å². The van der Waals surface area contributed by atoms with Crippen LogP contribution in [0.4, 0.5) is 0 Å². The highest BCUT2D eigenvalue weighted by atomic mass is 16.6. The summed E-state index contributed by atoms with van der Waals surface area (Å²) in [6.45, 7) is 1.87. The molecule has 2 unspecified atom stereocenters. The second kappa shape index (κ2) is 5.12. The first-order valence-electron chi connectivity index (χ1n) is 5.86. The third-order valence-electron chi connectivity index (χ3n) is 3.13. The number of hydrogen-bond acceptors (Lipinski definition) is 5. The molecule has 2 heterocycles. The maximum atomic E-state index is 11.7. The average molecular weight is 229 g/mol. The summed E-state index contributed by atoms with van der Waals surface area (Å²) < 4.78 is 15.8. The minimum atomic E-state index is -0.936. The number of rotatable bonds is 3. The molecule has 0 bridgehead atoms. The average Bonchev–Trinajstić information content (AvgIpc) is 2.76. The van der Waals surface area contributed by atoms with E-state index < -0.39 is 5.54 Å². The van der Waals surface area contributed by atoms with Crippen LogP contribution in [0.3, 0.4) is 0 Å². The molecule has 2 aliphatic heterocycles. The summed E-state index contributed by atoms with van der Waals surface area (Å²) in [7, 11) is 0. The van der Waals surface area contributed by atoms with E-state index in [0.717, 1.165) is 25.9 Å². The van der Waals surface area contributed by atoms with Crippen LogP contribution in [0.25, 0.3) is 0 Å². The van der Waals surface area contributed by atoms with Crippen molar-refractivity contribution in [2.75, 3.05) is 26.4 Å². The number of carbonyl (C=O) groups excluding carboxylic acids is 1. The van der Waals surface area contributed by atoms with Crippen LogP contribution in [0.1, 0.15) is 25.7 Å². The molecule has 0 aromatic rings. The monoisotopic (exact) mass is 229 g/mol. The topological polar surface area (TPSA) is 70.8 Å². The Morgan fingerprint density at radius 2 is 2.31 bits per heavy atom. The van der Waals surface area contributed by atoms with Crippen LogP contribution in [0.15, 0.2) is 0 Å². The third-order valence-corrected chi connectivity index (χ3v) is 3.13. The molecule has 0 amide bonds. The van der Waals surface area contributed by atoms with E-state index in [9.17, 15) is 4.79 Å². The zero-order valence-electron chi connectivity index (χ0n) is 9.44. The molecule has 0 radical (unpaired) electrons. The van der Waals surface area contributed by atoms with Gasteiger partial charge in [-0.3, -0.25) is 0 Å². The van der Waals surface area contributed by atoms with Gasteiger partial charge in [0.05, 0.1) is 12.7 Å². The second-order valence-electron chi connectivity index (χ2n) is 4.55. The first kappa shape index (κ1) is 11.8. The lowest BCUT2D eigenvalue weighted by Crippen LogP contribution is -2.50. The van der Waals surface area contributed by atoms with E-state index in [2.05, 4.69) is 0 Å². The summed E-state index contributed by atoms with van der Waals surface area (Å²) in [5.41, 5.74) is 4.94. The Hall–Kier alpha value is -0.650. The molecule has 2 atom stereocenters. The summed E-state index contributed by atoms with van der Waals surface area (Å²) in [6.07, 6.45) is 3.78. The third kappa shape index (κ3) is 2.72. The van der Waals surface area contributed by atoms with E-state index in [4.69, 9.17) is 19.9 Å². The predicted molar refractivity (Wildman–Crippen MR) is 56.9 cm³/mol. The molecule has 5 nitrogen and oxygen atoms in total. The lowest BCUT2D eigenvalue weighted by molar-refractivity contribution is -0.155. The van der Waals surface area contributed by atoms with Crippen molar-refractivity contribution in [3.8, 4) is 0 Å². The normalized spacial score (nSPS) is 34.9. The van der Waals surface area contributed by atoms with Crippen LogP contribution in [0, 0.1) is 0 Å². The molecule has 0 saturated carbocycles. The maximum Gasteiger partial charge on any atom is 0.328 e. The number of esters is 1. The molecular weight excluding hydrogens is 210 g/mol. The lowest BCUT2D eigenvalue weighted by Gasteiger charge is -2.25. The van der Waals surface area contributed by atoms with Crippen LogP contribution in [-0.2, 0) is 19.0 Å². The van der Waals surface area contributed by atoms with E-state index in [1.807, 2.05) is 0 Å². The van der Waals surface area contributed by atoms with Gasteiger partial charge in [0.1, 0.15) is 12.1 Å². The van der Waals surface area contributed by atoms with Crippen LogP contribution in [0.2, 0.25) is 0 Å². The molecule has 2 rings (SSSR count). The van der Waals surface area contributed by atoms with Crippen molar-refractivity contribution in [2.24, 2.45) is 5.73 Å². The van der Waals surface area contributed by atoms with Crippen LogP contribution < -0.4 is 5.73 Å². The zero-order valence-corrected chi connectivity index (χ0v) is 9.44. The Labute approximate surface area is 95.2 Å². The molecule has 2 aliphatic rings. The highest BCUT2D eigenvalue weighted by molar-refractivity contribution is 5.81. The second-order valence-corrected chi connectivity index (χ2v) is 4.55. The van der Waals surface area contributed by atoms with Gasteiger partial charge in [0.2, 0.25) is 0 Å². The van der Waals surface area contributed by atoms with Crippen molar-refractivity contribution in [1.29, 1.82) is 0 Å². The molecule has 5 heteroatoms. The zero-order chi connectivity index (χ0) is 11.4. The van der Waals surface area contributed by atoms with Gasteiger partial charge in [-0.2, -0.15) is 0 Å². The van der Waals surface area contributed by atoms with Gasteiger partial charge in [-0.15, -0.1) is 0 Å². The quantitative estimate of drug-likeness (QED) is 0.701. The van der Waals surface area contributed by atoms with Gasteiger partial charge in [0.25, 0.3) is 0 Å². The summed E-state index contributed by atoms with van der Waals surface area (Å²) in [5, 5.41) is 0. The van der Waals surface area contributed by atoms with E-state index in [0.29, 0.717) is 19.6 Å². The van der Waals surface area contributed by atoms with E-state index in [1.54, 1.807) is 0 Å². The van der Waals surface area contributed by atoms with Crippen LogP contribution in [0.5, 0.6) is 0 Å². The first-order chi connectivity index (χ1) is 7.71. The Kier molecular flexibility index (Phi) is 3.78. The number of hydrogen-bond donors (Lipinski definition) is 1. The molecular formula is C11H19NO4. The summed E-state index contributed by atoms with van der Waals surface area (Å²) in [6, 6.07) is 0. The van der Waals surface area contributed by atoms with Crippen molar-refractivity contribution in [1.82, 2.24) is 0 Å². The molecule has 0 aliphatic carbocycles. The van der Waals surface area contributed by atoms with Gasteiger partial charge >= 0.3 is 5.97 Å². The smallest absolute Gasteiger partial charge is 0.328 e. The summed E-state index contributed by atoms with van der Waals surface area (Å²) in [4.78, 5) is 11.7. The standard InChI is InChI=1S/C11H19NO4/c12-11(4-6-14-8-11)10(13)16-7-9-3-1-2-5-15-9/h9H,1-8,12H2. The fraction of sp³-hybridized carbons (Fsp3) is 0.909. The van der Waals surface area contributed by atoms with Crippen molar-refractivity contribution in [3.05, 3.63) is 0 Å². The van der Waals surface area contributed by atoms with Crippen molar-refractivity contribution in [3.63, 3.8) is 0 Å². The highest BCUT2D eigenvalue weighted by Crippen LogP contribution is 2.18. The molecule has 2 saturated heterocycles. The van der Waals surface area contributed by atoms with Gasteiger partial charge in [-0.05, 0) is 19.3 Å². The number of nitrogens with two attached hydrogens (primary N) is 1. The minimum Gasteiger partial charge on any atom is -0.461 e. The number of ether oxygens (including phenoxy) is 3. The minimum absolute atomic E-state index is 0.0450. The molecule has 0 aromatic carbocycles. The van der Waals surface area contributed by atoms with Gasteiger partial charge in [-0.25, -0.2) is 4.79 Å². The first-order valence-corrected chi connectivity index (χ1v) is 5.86. The Morgan fingerprint density at radius 1 is 1.44 bits per heavy atom. The van der Waals surface area contributed by atoms with Gasteiger partial charge in [0.15, 0.2) is 0 Å². The summed E-state index contributed by atoms with van der Waals surface area (Å²) >= 11 is 0. The van der Waals surface area contributed by atoms with E-state index in [-0.39, 0.29) is 18.7 Å². The molecule has 2 N–H and O–H groups in total. The Bertz CT molecular complexity index is 244. The van der Waals surface area contributed by atoms with Crippen LogP contribution in [-0.4, -0.2) is 44.0 Å². The highest BCUT2D eigenvalue weighted by Gasteiger charge is 2.40. The Balaban J connectivity index is 1.74. The maximum absolute atomic E-state index is 11.7. The predicted octanol–water partition coefficient (Wildman–Crippen LogP) is 0.216. The Morgan fingerprint density at radius 3 is 2.94 bits per heavy atom. The SMILES string of the molecule is NC1(C(=O)OCC2CCCCO2)CCOC1. The largest absolute Gasteiger partial charge is 0.461 e. The van der Waals surface area contributed by atoms with Crippen LogP contribution >= 0.6 is 0 Å². The molecule has 16 heavy (non-hydrogen) atoms. The van der Waals surface area contributed by atoms with Crippen molar-refractivity contribution < 1.29 is 19.0 Å². The summed E-state index contributed by atoms with van der Waals surface area (Å²) in [5.74, 6) is -0.362. The fourth-order valence-electron chi connectivity index (χ4n) is 1.99. The van der Waals surface area contributed by atoms with Crippen molar-refractivity contribution in [2.45, 2.75) is 37.3 Å². The van der Waals surface area contributed by atoms with Crippen molar-refractivity contribution >= 4 is 5.97 Å². The van der Waals surface area contributed by atoms with E-state index >= 15 is 0 Å². The van der Waals surface area contributed by atoms with Gasteiger partial charge < -0.3 is 19.9 Å². The molecule has 0 aromatic heterocycles.